The average molecular weight is 412 g/mol. The molecular formula is C27H24O4. The number of fused-ring (bicyclic) bond motifs is 5. The van der Waals surface area contributed by atoms with Crippen LogP contribution in [0, 0.1) is 13.8 Å². The van der Waals surface area contributed by atoms with Crippen molar-refractivity contribution in [1.29, 1.82) is 0 Å². The van der Waals surface area contributed by atoms with E-state index in [1.54, 1.807) is 12.1 Å². The molecule has 1 saturated carbocycles. The molecule has 0 N–H and O–H groups in total. The molecule has 3 aromatic carbocycles. The van der Waals surface area contributed by atoms with Gasteiger partial charge in [0.1, 0.15) is 12.2 Å². The summed E-state index contributed by atoms with van der Waals surface area (Å²) in [5.74, 6) is -0.693. The number of aryl methyl sites for hydroxylation is 2. The molecule has 0 aliphatic heterocycles. The fourth-order valence-electron chi connectivity index (χ4n) is 5.02. The highest BCUT2D eigenvalue weighted by molar-refractivity contribution is 5.91. The Hall–Kier alpha value is -3.40. The van der Waals surface area contributed by atoms with Crippen molar-refractivity contribution in [3.05, 3.63) is 106 Å². The lowest BCUT2D eigenvalue weighted by Gasteiger charge is -2.32. The van der Waals surface area contributed by atoms with Gasteiger partial charge in [-0.2, -0.15) is 0 Å². The van der Waals surface area contributed by atoms with Crippen LogP contribution in [0.1, 0.15) is 61.2 Å². The van der Waals surface area contributed by atoms with Gasteiger partial charge in [0, 0.05) is 11.8 Å². The first-order valence-corrected chi connectivity index (χ1v) is 10.7. The Bertz CT molecular complexity index is 1070. The van der Waals surface area contributed by atoms with Crippen molar-refractivity contribution in [1.82, 2.24) is 0 Å². The molecule has 0 spiro atoms. The fraction of sp³-hybridized carbons (Fsp3) is 0.259. The second-order valence-electron chi connectivity index (χ2n) is 8.56. The third-order valence-corrected chi connectivity index (χ3v) is 6.41. The summed E-state index contributed by atoms with van der Waals surface area (Å²) in [6.45, 7) is 3.88. The maximum atomic E-state index is 12.9. The predicted octanol–water partition coefficient (Wildman–Crippen LogP) is 5.34. The number of ether oxygens (including phenoxy) is 2. The van der Waals surface area contributed by atoms with Crippen LogP contribution in [-0.4, -0.2) is 24.1 Å². The zero-order chi connectivity index (χ0) is 21.5. The molecule has 2 unspecified atom stereocenters. The molecule has 2 bridgehead atoms. The van der Waals surface area contributed by atoms with Crippen LogP contribution < -0.4 is 0 Å². The quantitative estimate of drug-likeness (QED) is 0.543. The summed E-state index contributed by atoms with van der Waals surface area (Å²) in [6.07, 6.45) is -0.181. The summed E-state index contributed by atoms with van der Waals surface area (Å²) in [7, 11) is 0. The first-order valence-electron chi connectivity index (χ1n) is 10.7. The van der Waals surface area contributed by atoms with E-state index in [9.17, 15) is 9.59 Å². The molecule has 31 heavy (non-hydrogen) atoms. The predicted molar refractivity (Wildman–Crippen MR) is 117 cm³/mol. The summed E-state index contributed by atoms with van der Waals surface area (Å²) in [5.41, 5.74) is 5.40. The van der Waals surface area contributed by atoms with E-state index in [0.717, 1.165) is 17.5 Å². The Morgan fingerprint density at radius 2 is 1.13 bits per heavy atom. The largest absolute Gasteiger partial charge is 0.454 e. The number of carbonyl (C=O) groups excluding carboxylic acids is 2. The number of carbonyl (C=O) groups is 2. The Labute approximate surface area is 181 Å². The van der Waals surface area contributed by atoms with Crippen molar-refractivity contribution in [2.45, 2.75) is 44.3 Å². The Kier molecular flexibility index (Phi) is 4.85. The fourth-order valence-corrected chi connectivity index (χ4v) is 5.02. The average Bonchev–Trinajstić information content (AvgIpc) is 3.31. The van der Waals surface area contributed by atoms with Crippen molar-refractivity contribution in [2.75, 3.05) is 0 Å². The van der Waals surface area contributed by atoms with Gasteiger partial charge in [-0.05, 0) is 55.7 Å². The molecule has 2 aliphatic rings. The minimum atomic E-state index is -0.498. The van der Waals surface area contributed by atoms with E-state index in [1.165, 1.54) is 11.1 Å². The normalized spacial score (nSPS) is 23.3. The van der Waals surface area contributed by atoms with Gasteiger partial charge in [-0.1, -0.05) is 59.7 Å². The number of hydrogen-bond acceptors (Lipinski definition) is 4. The monoisotopic (exact) mass is 412 g/mol. The molecule has 0 amide bonds. The summed E-state index contributed by atoms with van der Waals surface area (Å²) in [5, 5.41) is 0. The summed E-state index contributed by atoms with van der Waals surface area (Å²) >= 11 is 0. The SMILES string of the molecule is Cc1cccc(C(=O)O[C@@H]2C3CC(c4ccccc43)[C@@H]2OC(=O)c2cccc(C)c2)c1. The molecule has 0 saturated heterocycles. The maximum Gasteiger partial charge on any atom is 0.338 e. The molecule has 0 radical (unpaired) electrons. The van der Waals surface area contributed by atoms with Crippen molar-refractivity contribution < 1.29 is 19.1 Å². The van der Waals surface area contributed by atoms with E-state index in [0.29, 0.717) is 11.1 Å². The first-order chi connectivity index (χ1) is 15.0. The summed E-state index contributed by atoms with van der Waals surface area (Å²) in [6, 6.07) is 22.9. The zero-order valence-electron chi connectivity index (χ0n) is 17.6. The molecule has 4 atom stereocenters. The second kappa shape index (κ2) is 7.69. The van der Waals surface area contributed by atoms with Gasteiger partial charge in [-0.3, -0.25) is 0 Å². The second-order valence-corrected chi connectivity index (χ2v) is 8.56. The zero-order valence-corrected chi connectivity index (χ0v) is 17.6. The molecule has 3 aromatic rings. The molecular weight excluding hydrogens is 388 g/mol. The van der Waals surface area contributed by atoms with Crippen LogP contribution in [0.5, 0.6) is 0 Å². The molecule has 2 aliphatic carbocycles. The van der Waals surface area contributed by atoms with Gasteiger partial charge >= 0.3 is 11.9 Å². The number of rotatable bonds is 4. The van der Waals surface area contributed by atoms with Crippen molar-refractivity contribution in [2.24, 2.45) is 0 Å². The highest BCUT2D eigenvalue weighted by Gasteiger charge is 2.55. The third-order valence-electron chi connectivity index (χ3n) is 6.41. The van der Waals surface area contributed by atoms with E-state index in [4.69, 9.17) is 9.47 Å². The van der Waals surface area contributed by atoms with Gasteiger partial charge in [0.05, 0.1) is 11.1 Å². The van der Waals surface area contributed by atoms with Crippen LogP contribution in [0.4, 0.5) is 0 Å². The van der Waals surface area contributed by atoms with Crippen molar-refractivity contribution >= 4 is 11.9 Å². The van der Waals surface area contributed by atoms with Crippen LogP contribution in [0.25, 0.3) is 0 Å². The molecule has 5 rings (SSSR count). The highest BCUT2D eigenvalue weighted by atomic mass is 16.6. The van der Waals surface area contributed by atoms with Gasteiger partial charge in [0.2, 0.25) is 0 Å². The lowest BCUT2D eigenvalue weighted by atomic mass is 9.87. The number of hydrogen-bond donors (Lipinski definition) is 0. The third kappa shape index (κ3) is 3.52. The van der Waals surface area contributed by atoms with Crippen LogP contribution in [0.2, 0.25) is 0 Å². The highest BCUT2D eigenvalue weighted by Crippen LogP contribution is 2.55. The minimum absolute atomic E-state index is 0.0327. The van der Waals surface area contributed by atoms with E-state index in [-0.39, 0.29) is 23.8 Å². The van der Waals surface area contributed by atoms with E-state index in [2.05, 4.69) is 12.1 Å². The maximum absolute atomic E-state index is 12.9. The Morgan fingerprint density at radius 1 is 0.677 bits per heavy atom. The Balaban J connectivity index is 1.44. The van der Waals surface area contributed by atoms with Crippen molar-refractivity contribution in [3.63, 3.8) is 0 Å². The molecule has 1 fully saturated rings. The summed E-state index contributed by atoms with van der Waals surface area (Å²) in [4.78, 5) is 25.8. The van der Waals surface area contributed by atoms with E-state index < -0.39 is 12.2 Å². The summed E-state index contributed by atoms with van der Waals surface area (Å²) < 4.78 is 12.0. The van der Waals surface area contributed by atoms with Gasteiger partial charge in [0.25, 0.3) is 0 Å². The van der Waals surface area contributed by atoms with E-state index in [1.807, 2.05) is 62.4 Å². The molecule has 156 valence electrons. The van der Waals surface area contributed by atoms with Crippen LogP contribution in [0.3, 0.4) is 0 Å². The van der Waals surface area contributed by atoms with Gasteiger partial charge < -0.3 is 9.47 Å². The molecule has 0 aromatic heterocycles. The lowest BCUT2D eigenvalue weighted by Crippen LogP contribution is -2.39. The number of esters is 2. The van der Waals surface area contributed by atoms with Gasteiger partial charge in [-0.25, -0.2) is 9.59 Å². The van der Waals surface area contributed by atoms with E-state index >= 15 is 0 Å². The van der Waals surface area contributed by atoms with Gasteiger partial charge in [0.15, 0.2) is 0 Å². The molecule has 4 nitrogen and oxygen atoms in total. The van der Waals surface area contributed by atoms with Crippen LogP contribution in [-0.2, 0) is 9.47 Å². The Morgan fingerprint density at radius 3 is 1.55 bits per heavy atom. The van der Waals surface area contributed by atoms with Crippen molar-refractivity contribution in [3.8, 4) is 0 Å². The van der Waals surface area contributed by atoms with Gasteiger partial charge in [-0.15, -0.1) is 0 Å². The lowest BCUT2D eigenvalue weighted by molar-refractivity contribution is -0.0348. The minimum Gasteiger partial charge on any atom is -0.454 e. The van der Waals surface area contributed by atoms with Crippen LogP contribution in [0.15, 0.2) is 72.8 Å². The smallest absolute Gasteiger partial charge is 0.338 e. The topological polar surface area (TPSA) is 52.6 Å². The molecule has 0 heterocycles. The first kappa shape index (κ1) is 19.6. The standard InChI is InChI=1S/C27H24O4/c1-16-7-5-9-18(13-16)26(28)30-24-22-15-23(21-12-4-3-11-20(21)22)25(24)31-27(29)19-10-6-8-17(2)14-19/h3-14,22-25H,15H2,1-2H3/t22?,23?,24-,25+. The molecule has 4 heteroatoms. The number of benzene rings is 3. The van der Waals surface area contributed by atoms with Crippen LogP contribution >= 0.6 is 0 Å².